The number of nitrogens with one attached hydrogen (secondary N) is 2. The number of primary amides is 1. The summed E-state index contributed by atoms with van der Waals surface area (Å²) in [5, 5.41) is 7.40. The van der Waals surface area contributed by atoms with Crippen LogP contribution in [0.3, 0.4) is 0 Å². The summed E-state index contributed by atoms with van der Waals surface area (Å²) in [5.41, 5.74) is 5.16. The second-order valence-electron chi connectivity index (χ2n) is 5.29. The number of nitrogens with two attached hydrogens (primary N) is 1. The molecule has 130 valence electrons. The third-order valence-corrected chi connectivity index (χ3v) is 4.92. The van der Waals surface area contributed by atoms with Crippen molar-refractivity contribution in [2.45, 2.75) is 44.0 Å². The van der Waals surface area contributed by atoms with Crippen LogP contribution in [0.1, 0.15) is 42.5 Å². The first-order valence-corrected chi connectivity index (χ1v) is 8.64. The molecule has 1 saturated carbocycles. The number of carbonyl (C=O) groups is 1. The summed E-state index contributed by atoms with van der Waals surface area (Å²) in [4.78, 5) is 15.2. The largest absolute Gasteiger partial charge is 0.454 e. The Bertz CT molecular complexity index is 535. The zero-order chi connectivity index (χ0) is 15.9. The van der Waals surface area contributed by atoms with E-state index in [0.717, 1.165) is 11.2 Å². The maximum absolute atomic E-state index is 11.0. The number of hydrogen-bond donors (Lipinski definition) is 3. The highest BCUT2D eigenvalue weighted by molar-refractivity contribution is 14.0. The highest BCUT2D eigenvalue weighted by atomic mass is 127. The van der Waals surface area contributed by atoms with Crippen molar-refractivity contribution in [2.24, 2.45) is 10.7 Å². The first-order chi connectivity index (χ1) is 10.6. The Balaban J connectivity index is 0.00000264. The molecule has 23 heavy (non-hydrogen) atoms. The molecule has 2 atom stereocenters. The molecule has 1 heterocycles. The van der Waals surface area contributed by atoms with Crippen LogP contribution >= 0.6 is 35.7 Å². The van der Waals surface area contributed by atoms with Gasteiger partial charge in [0.2, 0.25) is 0 Å². The van der Waals surface area contributed by atoms with E-state index >= 15 is 0 Å². The number of furan rings is 1. The molecular weight excluding hydrogens is 427 g/mol. The van der Waals surface area contributed by atoms with E-state index in [4.69, 9.17) is 10.2 Å². The average Bonchev–Trinajstić information content (AvgIpc) is 3.13. The van der Waals surface area contributed by atoms with Crippen molar-refractivity contribution in [3.63, 3.8) is 0 Å². The van der Waals surface area contributed by atoms with Gasteiger partial charge in [0, 0.05) is 18.3 Å². The lowest BCUT2D eigenvalue weighted by molar-refractivity contribution is 0.0972. The van der Waals surface area contributed by atoms with Crippen LogP contribution in [0.4, 0.5) is 0 Å². The minimum Gasteiger partial charge on any atom is -0.454 e. The van der Waals surface area contributed by atoms with Crippen LogP contribution in [0.25, 0.3) is 0 Å². The van der Waals surface area contributed by atoms with Gasteiger partial charge >= 0.3 is 0 Å². The Hall–Kier alpha value is -0.900. The fourth-order valence-electron chi connectivity index (χ4n) is 2.62. The molecule has 0 aromatic carbocycles. The number of guanidine groups is 1. The second-order valence-corrected chi connectivity index (χ2v) is 6.86. The molecule has 1 aromatic heterocycles. The van der Waals surface area contributed by atoms with E-state index in [9.17, 15) is 4.79 Å². The lowest BCUT2D eigenvalue weighted by Gasteiger charge is -2.17. The van der Waals surface area contributed by atoms with E-state index in [0.29, 0.717) is 18.3 Å². The van der Waals surface area contributed by atoms with Gasteiger partial charge in [-0.25, -0.2) is 0 Å². The van der Waals surface area contributed by atoms with Crippen LogP contribution in [0, 0.1) is 0 Å². The third kappa shape index (κ3) is 6.25. The van der Waals surface area contributed by atoms with E-state index in [2.05, 4.69) is 22.5 Å². The molecule has 1 fully saturated rings. The summed E-state index contributed by atoms with van der Waals surface area (Å²) in [7, 11) is 1.75. The Morgan fingerprint density at radius 1 is 1.48 bits per heavy atom. The highest BCUT2D eigenvalue weighted by Crippen LogP contribution is 2.29. The van der Waals surface area contributed by atoms with Crippen molar-refractivity contribution in [3.05, 3.63) is 23.7 Å². The van der Waals surface area contributed by atoms with Crippen LogP contribution in [-0.2, 0) is 6.54 Å². The molecule has 6 nitrogen and oxygen atoms in total. The molecule has 0 saturated heterocycles. The third-order valence-electron chi connectivity index (χ3n) is 3.69. The molecule has 8 heteroatoms. The molecule has 1 amide bonds. The van der Waals surface area contributed by atoms with Crippen molar-refractivity contribution in [1.29, 1.82) is 0 Å². The van der Waals surface area contributed by atoms with E-state index in [1.54, 1.807) is 19.2 Å². The monoisotopic (exact) mass is 452 g/mol. The lowest BCUT2D eigenvalue weighted by Crippen LogP contribution is -2.42. The minimum atomic E-state index is -0.556. The van der Waals surface area contributed by atoms with Gasteiger partial charge in [-0.3, -0.25) is 9.79 Å². The first kappa shape index (κ1) is 20.1. The van der Waals surface area contributed by atoms with Gasteiger partial charge in [-0.05, 0) is 37.1 Å². The average molecular weight is 452 g/mol. The number of nitrogens with zero attached hydrogens (tertiary/aromatic N) is 1. The van der Waals surface area contributed by atoms with Crippen molar-refractivity contribution in [2.75, 3.05) is 12.8 Å². The van der Waals surface area contributed by atoms with Crippen LogP contribution in [0.2, 0.25) is 0 Å². The van der Waals surface area contributed by atoms with Gasteiger partial charge in [0.1, 0.15) is 5.76 Å². The van der Waals surface area contributed by atoms with Crippen molar-refractivity contribution in [1.82, 2.24) is 10.6 Å². The van der Waals surface area contributed by atoms with Gasteiger partial charge < -0.3 is 20.8 Å². The fourth-order valence-corrected chi connectivity index (χ4v) is 3.77. The standard InChI is InChI=1S/C15H24N4O2S.HI/c1-3-22-12-6-4-10(8-12)19-15(17-2)18-9-11-5-7-13(21-11)14(16)20;/h5,7,10,12H,3-4,6,8-9H2,1-2H3,(H2,16,20)(H2,17,18,19);1H. The minimum absolute atomic E-state index is 0. The summed E-state index contributed by atoms with van der Waals surface area (Å²) in [6, 6.07) is 3.79. The number of thioether (sulfide) groups is 1. The van der Waals surface area contributed by atoms with E-state index < -0.39 is 5.91 Å². The smallest absolute Gasteiger partial charge is 0.284 e. The van der Waals surface area contributed by atoms with E-state index in [-0.39, 0.29) is 29.7 Å². The molecule has 1 aliphatic rings. The van der Waals surface area contributed by atoms with Crippen LogP contribution in [-0.4, -0.2) is 36.0 Å². The Labute approximate surface area is 158 Å². The summed E-state index contributed by atoms with van der Waals surface area (Å²) in [6.45, 7) is 2.67. The molecule has 1 aliphatic carbocycles. The number of carbonyl (C=O) groups excluding carboxylic acids is 1. The van der Waals surface area contributed by atoms with Crippen molar-refractivity contribution < 1.29 is 9.21 Å². The number of aliphatic imine (C=N–C) groups is 1. The molecular formula is C15H25IN4O2S. The fraction of sp³-hybridized carbons (Fsp3) is 0.600. The molecule has 0 radical (unpaired) electrons. The molecule has 4 N–H and O–H groups in total. The molecule has 2 rings (SSSR count). The van der Waals surface area contributed by atoms with Crippen LogP contribution in [0.5, 0.6) is 0 Å². The predicted molar refractivity (Wildman–Crippen MR) is 106 cm³/mol. The summed E-state index contributed by atoms with van der Waals surface area (Å²) < 4.78 is 5.34. The van der Waals surface area contributed by atoms with Gasteiger partial charge in [0.05, 0.1) is 6.54 Å². The summed E-state index contributed by atoms with van der Waals surface area (Å²) >= 11 is 2.03. The van der Waals surface area contributed by atoms with Gasteiger partial charge in [-0.15, -0.1) is 24.0 Å². The number of hydrogen-bond acceptors (Lipinski definition) is 4. The van der Waals surface area contributed by atoms with E-state index in [1.165, 1.54) is 25.0 Å². The molecule has 0 aliphatic heterocycles. The zero-order valence-electron chi connectivity index (χ0n) is 13.5. The van der Waals surface area contributed by atoms with Gasteiger partial charge in [-0.1, -0.05) is 6.92 Å². The topological polar surface area (TPSA) is 92.6 Å². The maximum Gasteiger partial charge on any atom is 0.284 e. The van der Waals surface area contributed by atoms with Crippen LogP contribution < -0.4 is 16.4 Å². The number of amides is 1. The Kier molecular flexibility index (Phi) is 8.82. The Morgan fingerprint density at radius 2 is 2.26 bits per heavy atom. The molecule has 0 bridgehead atoms. The number of halogens is 1. The van der Waals surface area contributed by atoms with Crippen molar-refractivity contribution in [3.8, 4) is 0 Å². The lowest BCUT2D eigenvalue weighted by atomic mass is 10.2. The molecule has 1 aromatic rings. The SMILES string of the molecule is CCSC1CCC(NC(=NC)NCc2ccc(C(N)=O)o2)C1.I. The first-order valence-electron chi connectivity index (χ1n) is 7.59. The zero-order valence-corrected chi connectivity index (χ0v) is 16.6. The maximum atomic E-state index is 11.0. The van der Waals surface area contributed by atoms with Gasteiger partial charge in [-0.2, -0.15) is 11.8 Å². The van der Waals surface area contributed by atoms with Crippen molar-refractivity contribution >= 4 is 47.6 Å². The normalized spacial score (nSPS) is 20.9. The quantitative estimate of drug-likeness (QED) is 0.350. The van der Waals surface area contributed by atoms with Gasteiger partial charge in [0.25, 0.3) is 5.91 Å². The summed E-state index contributed by atoms with van der Waals surface area (Å²) in [5.74, 6) is 2.20. The Morgan fingerprint density at radius 3 is 2.87 bits per heavy atom. The highest BCUT2D eigenvalue weighted by Gasteiger charge is 2.25. The summed E-state index contributed by atoms with van der Waals surface area (Å²) in [6.07, 6.45) is 3.60. The van der Waals surface area contributed by atoms with Crippen LogP contribution in [0.15, 0.2) is 21.5 Å². The van der Waals surface area contributed by atoms with E-state index in [1.807, 2.05) is 11.8 Å². The molecule has 0 spiro atoms. The predicted octanol–water partition coefficient (Wildman–Crippen LogP) is 2.34. The second kappa shape index (κ2) is 10.1. The molecule has 2 unspecified atom stereocenters. The number of rotatable bonds is 6. The van der Waals surface area contributed by atoms with Gasteiger partial charge in [0.15, 0.2) is 11.7 Å².